The van der Waals surface area contributed by atoms with Crippen molar-refractivity contribution in [2.24, 2.45) is 0 Å². The molecule has 34 heavy (non-hydrogen) atoms. The lowest BCUT2D eigenvalue weighted by molar-refractivity contribution is 0.461. The Labute approximate surface area is 199 Å². The molecule has 7 heteroatoms. The molecule has 0 bridgehead atoms. The van der Waals surface area contributed by atoms with Crippen LogP contribution >= 0.6 is 0 Å². The number of aromatic nitrogens is 6. The number of unbranched alkanes of at least 4 members (excludes halogenated alkanes) is 1. The molecule has 2 aromatic heterocycles. The van der Waals surface area contributed by atoms with Crippen LogP contribution in [0.5, 0.6) is 5.75 Å². The van der Waals surface area contributed by atoms with E-state index >= 15 is 0 Å². The molecular formula is C27H32N6O. The first kappa shape index (κ1) is 23.4. The van der Waals surface area contributed by atoms with Crippen LogP contribution in [0.3, 0.4) is 0 Å². The number of para-hydroxylation sites is 2. The molecule has 176 valence electrons. The molecular weight excluding hydrogens is 424 g/mol. The first-order chi connectivity index (χ1) is 16.4. The molecule has 0 saturated heterocycles. The SMILES string of the molecule is CCCCc1c(C)c(C)c(C)c(C)c1O.c1cc(Cc2cccc3n[nH]nc23)c2n[nH]nc2c1. The monoisotopic (exact) mass is 456 g/mol. The summed E-state index contributed by atoms with van der Waals surface area (Å²) in [7, 11) is 0. The zero-order valence-corrected chi connectivity index (χ0v) is 20.5. The van der Waals surface area contributed by atoms with Crippen LogP contribution in [0.25, 0.3) is 22.1 Å². The lowest BCUT2D eigenvalue weighted by Crippen LogP contribution is -1.99. The first-order valence-electron chi connectivity index (χ1n) is 11.8. The van der Waals surface area contributed by atoms with Crippen molar-refractivity contribution >= 4 is 22.1 Å². The molecule has 2 heterocycles. The van der Waals surface area contributed by atoms with Crippen LogP contribution in [0.15, 0.2) is 36.4 Å². The smallest absolute Gasteiger partial charge is 0.122 e. The van der Waals surface area contributed by atoms with Gasteiger partial charge in [-0.25, -0.2) is 0 Å². The van der Waals surface area contributed by atoms with E-state index < -0.39 is 0 Å². The highest BCUT2D eigenvalue weighted by molar-refractivity contribution is 5.81. The second kappa shape index (κ2) is 10.0. The molecule has 0 aliphatic heterocycles. The molecule has 0 spiro atoms. The summed E-state index contributed by atoms with van der Waals surface area (Å²) < 4.78 is 0. The van der Waals surface area contributed by atoms with E-state index in [0.29, 0.717) is 5.75 Å². The number of hydrogen-bond acceptors (Lipinski definition) is 5. The number of nitrogens with one attached hydrogen (secondary N) is 2. The molecule has 0 amide bonds. The molecule has 3 aromatic carbocycles. The summed E-state index contributed by atoms with van der Waals surface area (Å²) >= 11 is 0. The lowest BCUT2D eigenvalue weighted by atomic mass is 9.91. The van der Waals surface area contributed by atoms with Crippen LogP contribution in [-0.4, -0.2) is 35.9 Å². The molecule has 0 aliphatic carbocycles. The van der Waals surface area contributed by atoms with Gasteiger partial charge in [0.05, 0.1) is 0 Å². The molecule has 0 fully saturated rings. The minimum atomic E-state index is 0.518. The number of rotatable bonds is 5. The summed E-state index contributed by atoms with van der Waals surface area (Å²) in [6.45, 7) is 10.5. The van der Waals surface area contributed by atoms with Crippen molar-refractivity contribution in [3.05, 3.63) is 75.3 Å². The summed E-state index contributed by atoms with van der Waals surface area (Å²) in [4.78, 5) is 0. The Balaban J connectivity index is 0.000000167. The number of aromatic hydroxyl groups is 1. The van der Waals surface area contributed by atoms with Crippen LogP contribution in [0.2, 0.25) is 0 Å². The maximum atomic E-state index is 10.1. The van der Waals surface area contributed by atoms with E-state index in [-0.39, 0.29) is 0 Å². The Bertz CT molecular complexity index is 1330. The van der Waals surface area contributed by atoms with Crippen LogP contribution < -0.4 is 0 Å². The second-order valence-corrected chi connectivity index (χ2v) is 8.82. The molecule has 0 radical (unpaired) electrons. The van der Waals surface area contributed by atoms with Gasteiger partial charge in [-0.05, 0) is 91.6 Å². The predicted molar refractivity (Wildman–Crippen MR) is 136 cm³/mol. The van der Waals surface area contributed by atoms with Crippen molar-refractivity contribution in [1.29, 1.82) is 0 Å². The number of H-pyrrole nitrogens is 2. The van der Waals surface area contributed by atoms with E-state index in [1.807, 2.05) is 31.2 Å². The Morgan fingerprint density at radius 3 is 1.76 bits per heavy atom. The lowest BCUT2D eigenvalue weighted by Gasteiger charge is -2.16. The van der Waals surface area contributed by atoms with Gasteiger partial charge in [0, 0.05) is 6.42 Å². The summed E-state index contributed by atoms with van der Waals surface area (Å²) in [5.74, 6) is 0.518. The third-order valence-electron chi connectivity index (χ3n) is 6.80. The number of phenols is 1. The van der Waals surface area contributed by atoms with E-state index in [0.717, 1.165) is 63.6 Å². The molecule has 0 aliphatic rings. The molecule has 0 saturated carbocycles. The molecule has 5 aromatic rings. The fraction of sp³-hybridized carbons (Fsp3) is 0.333. The Morgan fingerprint density at radius 1 is 0.706 bits per heavy atom. The zero-order valence-electron chi connectivity index (χ0n) is 20.5. The van der Waals surface area contributed by atoms with E-state index in [9.17, 15) is 5.11 Å². The minimum Gasteiger partial charge on any atom is -0.507 e. The van der Waals surface area contributed by atoms with Crippen molar-refractivity contribution in [3.8, 4) is 5.75 Å². The molecule has 0 atom stereocenters. The van der Waals surface area contributed by atoms with Gasteiger partial charge in [-0.3, -0.25) is 0 Å². The van der Waals surface area contributed by atoms with E-state index in [1.54, 1.807) is 0 Å². The van der Waals surface area contributed by atoms with Gasteiger partial charge in [-0.2, -0.15) is 30.8 Å². The predicted octanol–water partition coefficient (Wildman–Crippen LogP) is 5.79. The van der Waals surface area contributed by atoms with Gasteiger partial charge in [0.1, 0.15) is 27.8 Å². The quantitative estimate of drug-likeness (QED) is 0.311. The number of hydrogen-bond donors (Lipinski definition) is 3. The van der Waals surface area contributed by atoms with Gasteiger partial charge >= 0.3 is 0 Å². The van der Waals surface area contributed by atoms with Gasteiger partial charge in [0.2, 0.25) is 0 Å². The zero-order chi connectivity index (χ0) is 24.2. The van der Waals surface area contributed by atoms with E-state index in [1.165, 1.54) is 23.1 Å². The normalized spacial score (nSPS) is 11.1. The Morgan fingerprint density at radius 2 is 1.24 bits per heavy atom. The fourth-order valence-electron chi connectivity index (χ4n) is 4.37. The second-order valence-electron chi connectivity index (χ2n) is 8.82. The van der Waals surface area contributed by atoms with Gasteiger partial charge in [0.25, 0.3) is 0 Å². The number of phenolic OH excluding ortho intramolecular Hbond substituents is 1. The highest BCUT2D eigenvalue weighted by Crippen LogP contribution is 2.32. The van der Waals surface area contributed by atoms with E-state index in [4.69, 9.17) is 0 Å². The maximum absolute atomic E-state index is 10.1. The maximum Gasteiger partial charge on any atom is 0.122 e. The number of nitrogens with zero attached hydrogens (tertiary/aromatic N) is 4. The average molecular weight is 457 g/mol. The van der Waals surface area contributed by atoms with Gasteiger partial charge in [0.15, 0.2) is 0 Å². The fourth-order valence-corrected chi connectivity index (χ4v) is 4.37. The van der Waals surface area contributed by atoms with Gasteiger partial charge in [-0.15, -0.1) is 0 Å². The van der Waals surface area contributed by atoms with Crippen LogP contribution in [0, 0.1) is 27.7 Å². The van der Waals surface area contributed by atoms with Crippen LogP contribution in [-0.2, 0) is 12.8 Å². The molecule has 5 rings (SSSR count). The Hall–Kier alpha value is -3.74. The summed E-state index contributed by atoms with van der Waals surface area (Å²) in [5, 5.41) is 32.0. The number of aromatic amines is 2. The van der Waals surface area contributed by atoms with Crippen molar-refractivity contribution in [3.63, 3.8) is 0 Å². The van der Waals surface area contributed by atoms with Crippen molar-refractivity contribution in [1.82, 2.24) is 30.8 Å². The summed E-state index contributed by atoms with van der Waals surface area (Å²) in [6.07, 6.45) is 4.07. The van der Waals surface area contributed by atoms with Crippen molar-refractivity contribution < 1.29 is 5.11 Å². The van der Waals surface area contributed by atoms with E-state index in [2.05, 4.69) is 70.6 Å². The topological polar surface area (TPSA) is 103 Å². The minimum absolute atomic E-state index is 0.518. The third-order valence-corrected chi connectivity index (χ3v) is 6.80. The average Bonchev–Trinajstić information content (AvgIpc) is 3.53. The first-order valence-corrected chi connectivity index (χ1v) is 11.8. The third kappa shape index (κ3) is 4.51. The van der Waals surface area contributed by atoms with Gasteiger partial charge in [-0.1, -0.05) is 37.6 Å². The standard InChI is InChI=1S/C14H22O.C13H10N6/c1-6-7-8-13-11(4)9(2)10(3)12(5)14(13)15;1-3-8(12-10(5-1)14-18-16-12)7-9-4-2-6-11-13(9)17-19-15-11/h15H,6-8H2,1-5H3;1-6H,7H2,(H,14,16,18)(H,15,17,19). The molecule has 0 unspecified atom stereocenters. The summed E-state index contributed by atoms with van der Waals surface area (Å²) in [6, 6.07) is 12.0. The van der Waals surface area contributed by atoms with Crippen molar-refractivity contribution in [2.75, 3.05) is 0 Å². The summed E-state index contributed by atoms with van der Waals surface area (Å²) in [5.41, 5.74) is 11.8. The molecule has 3 N–H and O–H groups in total. The Kier molecular flexibility index (Phi) is 6.91. The molecule has 7 nitrogen and oxygen atoms in total. The van der Waals surface area contributed by atoms with Gasteiger partial charge < -0.3 is 5.11 Å². The number of fused-ring (bicyclic) bond motifs is 2. The van der Waals surface area contributed by atoms with Crippen LogP contribution in [0.4, 0.5) is 0 Å². The van der Waals surface area contributed by atoms with Crippen molar-refractivity contribution in [2.45, 2.75) is 60.3 Å². The highest BCUT2D eigenvalue weighted by Gasteiger charge is 2.13. The highest BCUT2D eigenvalue weighted by atomic mass is 16.3. The largest absolute Gasteiger partial charge is 0.507 e. The van der Waals surface area contributed by atoms with Crippen LogP contribution in [0.1, 0.15) is 58.7 Å². The number of benzene rings is 3.